The molecule has 0 aromatic heterocycles. The van der Waals surface area contributed by atoms with Crippen LogP contribution in [0.25, 0.3) is 0 Å². The van der Waals surface area contributed by atoms with Gasteiger partial charge in [0.05, 0.1) is 25.3 Å². The fraction of sp³-hybridized carbons (Fsp3) is 0.375. The molecule has 0 saturated heterocycles. The van der Waals surface area contributed by atoms with Crippen LogP contribution >= 0.6 is 11.8 Å². The van der Waals surface area contributed by atoms with Crippen molar-refractivity contribution in [3.8, 4) is 5.75 Å². The van der Waals surface area contributed by atoms with Crippen molar-refractivity contribution < 1.29 is 9.53 Å². The summed E-state index contributed by atoms with van der Waals surface area (Å²) in [7, 11) is 1.98. The minimum atomic E-state index is -0.490. The van der Waals surface area contributed by atoms with E-state index in [9.17, 15) is 4.79 Å². The van der Waals surface area contributed by atoms with Gasteiger partial charge in [-0.3, -0.25) is 9.79 Å². The van der Waals surface area contributed by atoms with E-state index >= 15 is 0 Å². The van der Waals surface area contributed by atoms with Crippen LogP contribution in [0.4, 0.5) is 5.69 Å². The number of nitrogens with zero attached hydrogens (tertiary/aromatic N) is 3. The van der Waals surface area contributed by atoms with E-state index in [0.29, 0.717) is 13.1 Å². The van der Waals surface area contributed by atoms with E-state index in [1.807, 2.05) is 31.3 Å². The maximum absolute atomic E-state index is 12.5. The normalized spacial score (nSPS) is 22.0. The zero-order valence-electron chi connectivity index (χ0n) is 12.9. The summed E-state index contributed by atoms with van der Waals surface area (Å²) in [6, 6.07) is 7.78. The molecule has 0 bridgehead atoms. The van der Waals surface area contributed by atoms with Crippen LogP contribution in [0.3, 0.4) is 0 Å². The zero-order valence-corrected chi connectivity index (χ0v) is 13.7. The Kier molecular flexibility index (Phi) is 3.65. The molecule has 120 valence electrons. The Labute approximate surface area is 139 Å². The third-order valence-electron chi connectivity index (χ3n) is 4.17. The SMILES string of the molecule is CN1C[C@H](C(=O)NCC2=CSC3=NCCN23)Oc2ccccc21. The molecule has 0 radical (unpaired) electrons. The number of likely N-dealkylation sites (N-methyl/N-ethyl adjacent to an activating group) is 1. The van der Waals surface area contributed by atoms with E-state index in [1.165, 1.54) is 0 Å². The standard InChI is InChI=1S/C16H18N4O2S/c1-19-9-14(22-13-5-3-2-4-12(13)19)15(21)18-8-11-10-23-16-17-6-7-20(11)16/h2-5,10,14H,6-9H2,1H3,(H,18,21)/t14-/m1/s1. The van der Waals surface area contributed by atoms with Gasteiger partial charge in [0.15, 0.2) is 11.3 Å². The van der Waals surface area contributed by atoms with Crippen LogP contribution in [0, 0.1) is 0 Å². The lowest BCUT2D eigenvalue weighted by atomic mass is 10.2. The predicted molar refractivity (Wildman–Crippen MR) is 91.8 cm³/mol. The number of carbonyl (C=O) groups excluding carboxylic acids is 1. The van der Waals surface area contributed by atoms with E-state index in [4.69, 9.17) is 4.74 Å². The largest absolute Gasteiger partial charge is 0.477 e. The number of hydrogen-bond acceptors (Lipinski definition) is 6. The fourth-order valence-electron chi connectivity index (χ4n) is 2.95. The first-order valence-electron chi connectivity index (χ1n) is 7.64. The highest BCUT2D eigenvalue weighted by Crippen LogP contribution is 2.32. The van der Waals surface area contributed by atoms with Crippen molar-refractivity contribution in [3.05, 3.63) is 35.4 Å². The molecule has 1 amide bonds. The summed E-state index contributed by atoms with van der Waals surface area (Å²) in [5.41, 5.74) is 2.12. The summed E-state index contributed by atoms with van der Waals surface area (Å²) in [5, 5.41) is 6.09. The molecule has 0 fully saturated rings. The molecule has 23 heavy (non-hydrogen) atoms. The van der Waals surface area contributed by atoms with Gasteiger partial charge in [-0.1, -0.05) is 23.9 Å². The van der Waals surface area contributed by atoms with Crippen LogP contribution < -0.4 is 15.0 Å². The zero-order chi connectivity index (χ0) is 15.8. The maximum atomic E-state index is 12.5. The molecule has 0 aliphatic carbocycles. The molecule has 0 saturated carbocycles. The average Bonchev–Trinajstić information content (AvgIpc) is 3.16. The highest BCUT2D eigenvalue weighted by atomic mass is 32.2. The summed E-state index contributed by atoms with van der Waals surface area (Å²) in [6.07, 6.45) is -0.490. The fourth-order valence-corrected chi connectivity index (χ4v) is 3.91. The van der Waals surface area contributed by atoms with E-state index in [0.717, 1.165) is 35.4 Å². The lowest BCUT2D eigenvalue weighted by Crippen LogP contribution is -2.48. The van der Waals surface area contributed by atoms with Crippen molar-refractivity contribution in [3.63, 3.8) is 0 Å². The van der Waals surface area contributed by atoms with Gasteiger partial charge < -0.3 is 19.9 Å². The lowest BCUT2D eigenvalue weighted by Gasteiger charge is -2.33. The second-order valence-corrected chi connectivity index (χ2v) is 6.55. The predicted octanol–water partition coefficient (Wildman–Crippen LogP) is 1.26. The van der Waals surface area contributed by atoms with Gasteiger partial charge >= 0.3 is 0 Å². The number of thioether (sulfide) groups is 1. The van der Waals surface area contributed by atoms with Gasteiger partial charge in [-0.15, -0.1) is 0 Å². The first kappa shape index (κ1) is 14.4. The number of anilines is 1. The van der Waals surface area contributed by atoms with E-state index in [2.05, 4.69) is 25.5 Å². The number of fused-ring (bicyclic) bond motifs is 2. The number of ether oxygens (including phenoxy) is 1. The average molecular weight is 330 g/mol. The summed E-state index contributed by atoms with van der Waals surface area (Å²) in [5.74, 6) is 0.674. The molecule has 3 heterocycles. The molecular weight excluding hydrogens is 312 g/mol. The van der Waals surface area contributed by atoms with Crippen LogP contribution in [0.15, 0.2) is 40.4 Å². The second kappa shape index (κ2) is 5.81. The van der Waals surface area contributed by atoms with E-state index in [-0.39, 0.29) is 5.91 Å². The number of carbonyl (C=O) groups is 1. The lowest BCUT2D eigenvalue weighted by molar-refractivity contribution is -0.127. The Morgan fingerprint density at radius 3 is 3.26 bits per heavy atom. The third kappa shape index (κ3) is 2.65. The molecular formula is C16H18N4O2S. The van der Waals surface area contributed by atoms with Crippen LogP contribution in [0.2, 0.25) is 0 Å². The molecule has 1 aromatic carbocycles. The van der Waals surface area contributed by atoms with Gasteiger partial charge in [0.1, 0.15) is 5.75 Å². The topological polar surface area (TPSA) is 57.2 Å². The number of nitrogens with one attached hydrogen (secondary N) is 1. The number of benzene rings is 1. The number of hydrogen-bond donors (Lipinski definition) is 1. The molecule has 3 aliphatic rings. The highest BCUT2D eigenvalue weighted by Gasteiger charge is 2.30. The Hall–Kier alpha value is -2.15. The number of amidine groups is 1. The first-order chi connectivity index (χ1) is 11.2. The van der Waals surface area contributed by atoms with E-state index in [1.54, 1.807) is 11.8 Å². The third-order valence-corrected chi connectivity index (χ3v) is 5.12. The number of rotatable bonds is 3. The van der Waals surface area contributed by atoms with Crippen molar-refractivity contribution >= 4 is 28.5 Å². The molecule has 0 spiro atoms. The summed E-state index contributed by atoms with van der Waals surface area (Å²) >= 11 is 1.62. The van der Waals surface area contributed by atoms with Crippen molar-refractivity contribution in [1.82, 2.24) is 10.2 Å². The number of aliphatic imine (C=N–C) groups is 1. The van der Waals surface area contributed by atoms with Gasteiger partial charge in [0.25, 0.3) is 5.91 Å². The molecule has 0 unspecified atom stereocenters. The Bertz CT molecular complexity index is 703. The van der Waals surface area contributed by atoms with Gasteiger partial charge in [0.2, 0.25) is 0 Å². The number of para-hydroxylation sites is 2. The Morgan fingerprint density at radius 1 is 1.48 bits per heavy atom. The van der Waals surface area contributed by atoms with Crippen LogP contribution in [0.1, 0.15) is 0 Å². The first-order valence-corrected chi connectivity index (χ1v) is 8.52. The monoisotopic (exact) mass is 330 g/mol. The van der Waals surface area contributed by atoms with Gasteiger partial charge in [0, 0.05) is 24.7 Å². The summed E-state index contributed by atoms with van der Waals surface area (Å²) in [4.78, 5) is 21.1. The van der Waals surface area contributed by atoms with Crippen molar-refractivity contribution in [2.75, 3.05) is 38.1 Å². The second-order valence-electron chi connectivity index (χ2n) is 5.72. The van der Waals surface area contributed by atoms with Gasteiger partial charge in [-0.05, 0) is 12.1 Å². The minimum absolute atomic E-state index is 0.0816. The maximum Gasteiger partial charge on any atom is 0.263 e. The molecule has 1 aromatic rings. The quantitative estimate of drug-likeness (QED) is 0.904. The molecule has 4 rings (SSSR count). The van der Waals surface area contributed by atoms with Crippen molar-refractivity contribution in [1.29, 1.82) is 0 Å². The molecule has 1 atom stereocenters. The number of amides is 1. The Balaban J connectivity index is 1.38. The minimum Gasteiger partial charge on any atom is -0.477 e. The summed E-state index contributed by atoms with van der Waals surface area (Å²) in [6.45, 7) is 2.80. The van der Waals surface area contributed by atoms with Crippen molar-refractivity contribution in [2.45, 2.75) is 6.10 Å². The van der Waals surface area contributed by atoms with Crippen LogP contribution in [-0.4, -0.2) is 55.3 Å². The Morgan fingerprint density at radius 2 is 2.35 bits per heavy atom. The van der Waals surface area contributed by atoms with Gasteiger partial charge in [-0.25, -0.2) is 0 Å². The summed E-state index contributed by atoms with van der Waals surface area (Å²) < 4.78 is 5.85. The van der Waals surface area contributed by atoms with Gasteiger partial charge in [-0.2, -0.15) is 0 Å². The van der Waals surface area contributed by atoms with Crippen molar-refractivity contribution in [2.24, 2.45) is 4.99 Å². The highest BCUT2D eigenvalue weighted by molar-refractivity contribution is 8.16. The molecule has 1 N–H and O–H groups in total. The molecule has 3 aliphatic heterocycles. The van der Waals surface area contributed by atoms with Crippen LogP contribution in [-0.2, 0) is 4.79 Å². The molecule has 7 heteroatoms. The molecule has 6 nitrogen and oxygen atoms in total. The van der Waals surface area contributed by atoms with Crippen LogP contribution in [0.5, 0.6) is 5.75 Å². The smallest absolute Gasteiger partial charge is 0.263 e. The van der Waals surface area contributed by atoms with E-state index < -0.39 is 6.10 Å².